The summed E-state index contributed by atoms with van der Waals surface area (Å²) >= 11 is 11.9. The van der Waals surface area contributed by atoms with Crippen molar-refractivity contribution in [1.82, 2.24) is 0 Å². The van der Waals surface area contributed by atoms with E-state index in [1.807, 2.05) is 0 Å². The zero-order chi connectivity index (χ0) is 14.0. The highest BCUT2D eigenvalue weighted by atomic mass is 35.5. The van der Waals surface area contributed by atoms with Crippen LogP contribution in [0.3, 0.4) is 0 Å². The number of carbonyl (C=O) groups excluding carboxylic acids is 1. The molecule has 2 aromatic rings. The van der Waals surface area contributed by atoms with Gasteiger partial charge in [-0.2, -0.15) is 0 Å². The van der Waals surface area contributed by atoms with Crippen molar-refractivity contribution in [2.24, 2.45) is 0 Å². The lowest BCUT2D eigenvalue weighted by Gasteiger charge is -2.07. The second-order valence-corrected chi connectivity index (χ2v) is 4.79. The summed E-state index contributed by atoms with van der Waals surface area (Å²) in [6, 6.07) is 9.46. The number of phenols is 1. The molecule has 2 aromatic carbocycles. The molecular weight excluding hydrogens is 287 g/mol. The van der Waals surface area contributed by atoms with Crippen LogP contribution in [0, 0.1) is 0 Å². The van der Waals surface area contributed by atoms with Gasteiger partial charge in [0.2, 0.25) is 0 Å². The number of hydrogen-bond acceptors (Lipinski definition) is 3. The molecule has 0 aliphatic rings. The van der Waals surface area contributed by atoms with Gasteiger partial charge in [0.05, 0.1) is 12.7 Å². The average Bonchev–Trinajstić information content (AvgIpc) is 2.36. The molecule has 0 aliphatic carbocycles. The van der Waals surface area contributed by atoms with Crippen molar-refractivity contribution >= 4 is 29.2 Å². The summed E-state index contributed by atoms with van der Waals surface area (Å²) in [5.74, 6) is -0.556. The summed E-state index contributed by atoms with van der Waals surface area (Å²) in [6.45, 7) is 0. The Bertz CT molecular complexity index is 618. The lowest BCUT2D eigenvalue weighted by molar-refractivity contribution is 0.0600. The molecule has 0 radical (unpaired) electrons. The molecule has 0 aliphatic heterocycles. The maximum absolute atomic E-state index is 11.5. The maximum atomic E-state index is 11.5. The number of hydrogen-bond donors (Lipinski definition) is 1. The van der Waals surface area contributed by atoms with E-state index in [4.69, 9.17) is 23.2 Å². The molecule has 5 heteroatoms. The standard InChI is InChI=1S/C14H10Cl2O3/c1-19-14(18)10-2-8(5-13(17)6-10)9-3-11(15)7-12(16)4-9/h2-7,17H,1H3. The molecule has 0 saturated heterocycles. The number of halogens is 2. The molecule has 0 aromatic heterocycles. The predicted octanol–water partition coefficient (Wildman–Crippen LogP) is 4.15. The van der Waals surface area contributed by atoms with Gasteiger partial charge in [-0.1, -0.05) is 23.2 Å². The van der Waals surface area contributed by atoms with Crippen molar-refractivity contribution in [2.75, 3.05) is 7.11 Å². The van der Waals surface area contributed by atoms with Gasteiger partial charge in [-0.25, -0.2) is 4.79 Å². The smallest absolute Gasteiger partial charge is 0.338 e. The van der Waals surface area contributed by atoms with Gasteiger partial charge >= 0.3 is 5.97 Å². The number of carbonyl (C=O) groups is 1. The zero-order valence-electron chi connectivity index (χ0n) is 9.98. The lowest BCUT2D eigenvalue weighted by Crippen LogP contribution is -2.01. The van der Waals surface area contributed by atoms with Crippen LogP contribution in [0.25, 0.3) is 11.1 Å². The van der Waals surface area contributed by atoms with Gasteiger partial charge in [0.1, 0.15) is 5.75 Å². The van der Waals surface area contributed by atoms with Crippen molar-refractivity contribution in [3.8, 4) is 16.9 Å². The SMILES string of the molecule is COC(=O)c1cc(O)cc(-c2cc(Cl)cc(Cl)c2)c1. The van der Waals surface area contributed by atoms with Gasteiger partial charge in [0.25, 0.3) is 0 Å². The summed E-state index contributed by atoms with van der Waals surface area (Å²) in [5, 5.41) is 10.6. The molecule has 2 rings (SSSR count). The highest BCUT2D eigenvalue weighted by molar-refractivity contribution is 6.35. The first-order valence-corrected chi connectivity index (χ1v) is 6.14. The van der Waals surface area contributed by atoms with E-state index in [2.05, 4.69) is 4.74 Å². The van der Waals surface area contributed by atoms with Crippen molar-refractivity contribution < 1.29 is 14.6 Å². The number of esters is 1. The molecule has 0 spiro atoms. The Labute approximate surface area is 120 Å². The first-order chi connectivity index (χ1) is 8.99. The van der Waals surface area contributed by atoms with Crippen LogP contribution < -0.4 is 0 Å². The fraction of sp³-hybridized carbons (Fsp3) is 0.0714. The van der Waals surface area contributed by atoms with Crippen molar-refractivity contribution in [1.29, 1.82) is 0 Å². The Morgan fingerprint density at radius 3 is 2.16 bits per heavy atom. The van der Waals surface area contributed by atoms with E-state index >= 15 is 0 Å². The van der Waals surface area contributed by atoms with E-state index in [0.717, 1.165) is 0 Å². The first kappa shape index (κ1) is 13.7. The summed E-state index contributed by atoms with van der Waals surface area (Å²) in [5.41, 5.74) is 1.59. The van der Waals surface area contributed by atoms with Gasteiger partial charge in [-0.15, -0.1) is 0 Å². The minimum absolute atomic E-state index is 0.0333. The van der Waals surface area contributed by atoms with Gasteiger partial charge < -0.3 is 9.84 Å². The molecule has 1 N–H and O–H groups in total. The fourth-order valence-electron chi connectivity index (χ4n) is 1.73. The van der Waals surface area contributed by atoms with Crippen LogP contribution in [-0.2, 0) is 4.74 Å². The number of benzene rings is 2. The van der Waals surface area contributed by atoms with Crippen LogP contribution in [-0.4, -0.2) is 18.2 Å². The van der Waals surface area contributed by atoms with E-state index in [-0.39, 0.29) is 11.3 Å². The third kappa shape index (κ3) is 3.19. The Balaban J connectivity index is 2.55. The zero-order valence-corrected chi connectivity index (χ0v) is 11.5. The number of phenolic OH excluding ortho intramolecular Hbond substituents is 1. The van der Waals surface area contributed by atoms with Crippen LogP contribution in [0.2, 0.25) is 10.0 Å². The number of methoxy groups -OCH3 is 1. The second-order valence-electron chi connectivity index (χ2n) is 3.92. The molecule has 19 heavy (non-hydrogen) atoms. The number of aromatic hydroxyl groups is 1. The van der Waals surface area contributed by atoms with Gasteiger partial charge in [-0.3, -0.25) is 0 Å². The Hall–Kier alpha value is -1.71. The van der Waals surface area contributed by atoms with Crippen LogP contribution in [0.5, 0.6) is 5.75 Å². The quantitative estimate of drug-likeness (QED) is 0.847. The molecule has 0 saturated carbocycles. The Morgan fingerprint density at radius 1 is 1.00 bits per heavy atom. The molecule has 0 atom stereocenters. The van der Waals surface area contributed by atoms with Crippen LogP contribution in [0.4, 0.5) is 0 Å². The molecule has 0 heterocycles. The van der Waals surface area contributed by atoms with Crippen LogP contribution in [0.1, 0.15) is 10.4 Å². The molecule has 0 bridgehead atoms. The third-order valence-electron chi connectivity index (χ3n) is 2.53. The molecule has 3 nitrogen and oxygen atoms in total. The molecule has 0 fully saturated rings. The summed E-state index contributed by atoms with van der Waals surface area (Å²) < 4.78 is 4.63. The van der Waals surface area contributed by atoms with Crippen molar-refractivity contribution in [3.63, 3.8) is 0 Å². The summed E-state index contributed by atoms with van der Waals surface area (Å²) in [6.07, 6.45) is 0. The van der Waals surface area contributed by atoms with Crippen molar-refractivity contribution in [3.05, 3.63) is 52.0 Å². The maximum Gasteiger partial charge on any atom is 0.338 e. The number of ether oxygens (including phenoxy) is 1. The highest BCUT2D eigenvalue weighted by Crippen LogP contribution is 2.30. The lowest BCUT2D eigenvalue weighted by atomic mass is 10.0. The van der Waals surface area contributed by atoms with E-state index in [9.17, 15) is 9.90 Å². The molecule has 0 unspecified atom stereocenters. The topological polar surface area (TPSA) is 46.5 Å². The third-order valence-corrected chi connectivity index (χ3v) is 2.97. The van der Waals surface area contributed by atoms with E-state index in [1.54, 1.807) is 24.3 Å². The summed E-state index contributed by atoms with van der Waals surface area (Å²) in [4.78, 5) is 11.5. The van der Waals surface area contributed by atoms with Gasteiger partial charge in [0, 0.05) is 10.0 Å². The van der Waals surface area contributed by atoms with E-state index in [1.165, 1.54) is 19.2 Å². The van der Waals surface area contributed by atoms with Crippen molar-refractivity contribution in [2.45, 2.75) is 0 Å². The monoisotopic (exact) mass is 296 g/mol. The minimum Gasteiger partial charge on any atom is -0.508 e. The van der Waals surface area contributed by atoms with E-state index in [0.29, 0.717) is 21.2 Å². The van der Waals surface area contributed by atoms with Crippen LogP contribution in [0.15, 0.2) is 36.4 Å². The first-order valence-electron chi connectivity index (χ1n) is 5.38. The Kier molecular flexibility index (Phi) is 3.98. The summed E-state index contributed by atoms with van der Waals surface area (Å²) in [7, 11) is 1.28. The van der Waals surface area contributed by atoms with Gasteiger partial charge in [0.15, 0.2) is 0 Å². The second kappa shape index (κ2) is 5.51. The fourth-order valence-corrected chi connectivity index (χ4v) is 2.26. The van der Waals surface area contributed by atoms with E-state index < -0.39 is 5.97 Å². The largest absolute Gasteiger partial charge is 0.508 e. The number of rotatable bonds is 2. The predicted molar refractivity (Wildman–Crippen MR) is 74.9 cm³/mol. The minimum atomic E-state index is -0.523. The highest BCUT2D eigenvalue weighted by Gasteiger charge is 2.10. The van der Waals surface area contributed by atoms with Crippen LogP contribution >= 0.6 is 23.2 Å². The van der Waals surface area contributed by atoms with Gasteiger partial charge in [-0.05, 0) is 47.5 Å². The molecule has 0 amide bonds. The average molecular weight is 297 g/mol. The molecular formula is C14H10Cl2O3. The normalized spacial score (nSPS) is 10.3. The Morgan fingerprint density at radius 2 is 1.58 bits per heavy atom. The molecule has 98 valence electrons.